The van der Waals surface area contributed by atoms with Gasteiger partial charge in [0.2, 0.25) is 0 Å². The van der Waals surface area contributed by atoms with Crippen molar-refractivity contribution in [3.8, 4) is 0 Å². The zero-order valence-corrected chi connectivity index (χ0v) is 11.4. The first-order valence-electron chi connectivity index (χ1n) is 1.28. The van der Waals surface area contributed by atoms with Gasteiger partial charge in [-0.1, -0.05) is 0 Å². The van der Waals surface area contributed by atoms with Crippen molar-refractivity contribution >= 4 is 92.0 Å². The number of carbonyl (C=O) groups excluding carboxylic acids is 1. The molecule has 0 saturated carbocycles. The maximum Gasteiger partial charge on any atom is 2.00 e. The van der Waals surface area contributed by atoms with Crippen LogP contribution in [0.4, 0.5) is 4.79 Å². The quantitative estimate of drug-likeness (QED) is 0.236. The van der Waals surface area contributed by atoms with Gasteiger partial charge in [-0.05, 0) is 6.16 Å². The Morgan fingerprint density at radius 3 is 0.923 bits per heavy atom. The van der Waals surface area contributed by atoms with Crippen LogP contribution in [0.1, 0.15) is 0 Å². The van der Waals surface area contributed by atoms with Crippen LogP contribution in [0.25, 0.3) is 0 Å². The summed E-state index contributed by atoms with van der Waals surface area (Å²) < 4.78 is 34.1. The van der Waals surface area contributed by atoms with E-state index >= 15 is 0 Å². The second-order valence-electron chi connectivity index (χ2n) is 0.658. The van der Waals surface area contributed by atoms with Crippen LogP contribution in [0, 0.1) is 0 Å². The first-order chi connectivity index (χ1) is 3.73. The maximum absolute atomic E-state index is 8.52. The Hall–Kier alpha value is 1.58. The van der Waals surface area contributed by atoms with E-state index in [4.69, 9.17) is 32.5 Å². The molecule has 0 atom stereocenters. The van der Waals surface area contributed by atoms with Gasteiger partial charge >= 0.3 is 75.5 Å². The molecule has 0 aromatic carbocycles. The summed E-state index contributed by atoms with van der Waals surface area (Å²) in [5, 5.41) is 16.7. The topological polar surface area (TPSA) is 206 Å². The van der Waals surface area contributed by atoms with Gasteiger partial charge in [0.25, 0.3) is 0 Å². The number of hydrogen-bond donors (Lipinski definition) is 0. The molecule has 0 aromatic rings. The SMILES string of the molecule is O.O.O=C([O-])[O-].O=S(=O)([O-])[O-].[Ca+2].[Ca+2]. The second kappa shape index (κ2) is 19.2. The summed E-state index contributed by atoms with van der Waals surface area (Å²) in [5.41, 5.74) is 0. The average Bonchev–Trinajstić information content (AvgIpc) is 1.19. The Labute approximate surface area is 133 Å². The van der Waals surface area contributed by atoms with Crippen molar-refractivity contribution in [2.24, 2.45) is 0 Å². The fourth-order valence-corrected chi connectivity index (χ4v) is 0. The molecule has 0 rings (SSSR count). The van der Waals surface area contributed by atoms with Crippen molar-refractivity contribution in [1.82, 2.24) is 0 Å². The number of rotatable bonds is 0. The molecule has 4 N–H and O–H groups in total. The first-order valence-corrected chi connectivity index (χ1v) is 2.61. The van der Waals surface area contributed by atoms with Gasteiger partial charge in [-0.15, -0.1) is 0 Å². The third-order valence-corrected chi connectivity index (χ3v) is 0. The van der Waals surface area contributed by atoms with Crippen molar-refractivity contribution in [3.63, 3.8) is 0 Å². The van der Waals surface area contributed by atoms with Gasteiger partial charge < -0.3 is 35.1 Å². The Morgan fingerprint density at radius 1 is 0.923 bits per heavy atom. The van der Waals surface area contributed by atoms with E-state index in [2.05, 4.69) is 0 Å². The average molecular weight is 272 g/mol. The molecule has 0 unspecified atom stereocenters. The van der Waals surface area contributed by atoms with Gasteiger partial charge in [0, 0.05) is 10.4 Å². The Balaban J connectivity index is -0.0000000146. The van der Waals surface area contributed by atoms with E-state index in [1.54, 1.807) is 0 Å². The molecule has 0 aliphatic carbocycles. The zero-order valence-electron chi connectivity index (χ0n) is 6.18. The van der Waals surface area contributed by atoms with Gasteiger partial charge in [-0.25, -0.2) is 0 Å². The molecule has 0 fully saturated rings. The van der Waals surface area contributed by atoms with Crippen LogP contribution in [0.2, 0.25) is 0 Å². The van der Waals surface area contributed by atoms with Crippen molar-refractivity contribution in [2.75, 3.05) is 0 Å². The maximum atomic E-state index is 8.52. The predicted molar refractivity (Wildman–Crippen MR) is 34.6 cm³/mol. The van der Waals surface area contributed by atoms with E-state index in [9.17, 15) is 0 Å². The summed E-state index contributed by atoms with van der Waals surface area (Å²) in [6, 6.07) is 0. The molecule has 72 valence electrons. The summed E-state index contributed by atoms with van der Waals surface area (Å²) in [5.74, 6) is 0. The minimum Gasteiger partial charge on any atom is -0.759 e. The van der Waals surface area contributed by atoms with E-state index in [-0.39, 0.29) is 86.4 Å². The number of hydrogen-bond acceptors (Lipinski definition) is 7. The summed E-state index contributed by atoms with van der Waals surface area (Å²) >= 11 is 0. The molecule has 13 heavy (non-hydrogen) atoms. The van der Waals surface area contributed by atoms with Gasteiger partial charge in [0.1, 0.15) is 0 Å². The third-order valence-electron chi connectivity index (χ3n) is 0. The molecule has 0 saturated heterocycles. The molecule has 12 heteroatoms. The molecule has 0 bridgehead atoms. The molecular weight excluding hydrogens is 268 g/mol. The van der Waals surface area contributed by atoms with Crippen LogP contribution in [-0.2, 0) is 10.4 Å². The van der Waals surface area contributed by atoms with Crippen LogP contribution >= 0.6 is 0 Å². The summed E-state index contributed by atoms with van der Waals surface area (Å²) in [7, 11) is -5.17. The molecule has 0 radical (unpaired) electrons. The van der Waals surface area contributed by atoms with E-state index < -0.39 is 16.6 Å². The van der Waals surface area contributed by atoms with Crippen LogP contribution in [0.5, 0.6) is 0 Å². The number of carbonyl (C=O) groups is 1. The summed E-state index contributed by atoms with van der Waals surface area (Å²) in [6.07, 6.45) is -2.33. The van der Waals surface area contributed by atoms with Crippen molar-refractivity contribution in [1.29, 1.82) is 0 Å². The molecule has 0 amide bonds. The van der Waals surface area contributed by atoms with E-state index in [1.165, 1.54) is 0 Å². The Bertz CT molecular complexity index is 160. The van der Waals surface area contributed by atoms with Crippen molar-refractivity contribution in [3.05, 3.63) is 0 Å². The van der Waals surface area contributed by atoms with Crippen LogP contribution < -0.4 is 10.2 Å². The molecule has 0 aliphatic heterocycles. The first kappa shape index (κ1) is 36.5. The van der Waals surface area contributed by atoms with Crippen molar-refractivity contribution in [2.45, 2.75) is 0 Å². The predicted octanol–water partition coefficient (Wildman–Crippen LogP) is -6.20. The van der Waals surface area contributed by atoms with Crippen LogP contribution in [0.15, 0.2) is 0 Å². The molecule has 0 aromatic heterocycles. The van der Waals surface area contributed by atoms with Gasteiger partial charge in [0.05, 0.1) is 0 Å². The normalized spacial score (nSPS) is 6.31. The van der Waals surface area contributed by atoms with E-state index in [1.807, 2.05) is 0 Å². The minimum absolute atomic E-state index is 0. The van der Waals surface area contributed by atoms with Gasteiger partial charge in [-0.2, -0.15) is 0 Å². The summed E-state index contributed by atoms with van der Waals surface area (Å²) in [6.45, 7) is 0. The molecule has 0 heterocycles. The van der Waals surface area contributed by atoms with Crippen molar-refractivity contribution < 1.29 is 43.5 Å². The zero-order chi connectivity index (χ0) is 8.08. The Kier molecular flexibility index (Phi) is 53.9. The minimum atomic E-state index is -5.17. The van der Waals surface area contributed by atoms with Gasteiger partial charge in [-0.3, -0.25) is 8.42 Å². The fourth-order valence-electron chi connectivity index (χ4n) is 0. The van der Waals surface area contributed by atoms with E-state index in [0.29, 0.717) is 0 Å². The monoisotopic (exact) mass is 272 g/mol. The molecular formula is CH4Ca2O9S. The fraction of sp³-hybridized carbons (Fsp3) is 0. The largest absolute Gasteiger partial charge is 2.00 e. The molecule has 0 aliphatic rings. The smallest absolute Gasteiger partial charge is 0.759 e. The van der Waals surface area contributed by atoms with Gasteiger partial charge in [0.15, 0.2) is 0 Å². The molecule has 9 nitrogen and oxygen atoms in total. The second-order valence-corrected chi connectivity index (χ2v) is 1.47. The third kappa shape index (κ3) is 730. The van der Waals surface area contributed by atoms with Crippen LogP contribution in [0.3, 0.4) is 0 Å². The number of carboxylic acid groups (broad SMARTS) is 2. The standard InChI is InChI=1S/CH2O3.2Ca.H2O4S.2H2O/c2-1(3)4;;;1-5(2,3)4;;/h(H2,2,3,4);;;(H2,1,2,3,4);2*1H2/q;2*+2;;;/p-4. The molecule has 0 spiro atoms. The Morgan fingerprint density at radius 2 is 0.923 bits per heavy atom. The van der Waals surface area contributed by atoms with E-state index in [0.717, 1.165) is 0 Å². The van der Waals surface area contributed by atoms with Crippen LogP contribution in [-0.4, -0.2) is 110 Å². The summed E-state index contributed by atoms with van der Waals surface area (Å²) in [4.78, 5) is 8.33.